The lowest BCUT2D eigenvalue weighted by Gasteiger charge is -2.47. The van der Waals surface area contributed by atoms with Crippen LogP contribution in [-0.4, -0.2) is 25.2 Å². The lowest BCUT2D eigenvalue weighted by atomic mass is 9.71. The Hall–Kier alpha value is -0.570. The molecule has 0 aromatic rings. The van der Waals surface area contributed by atoms with Crippen molar-refractivity contribution < 1.29 is 9.53 Å². The molecule has 0 aromatic heterocycles. The largest absolute Gasteiger partial charge is 0.469 e. The van der Waals surface area contributed by atoms with Gasteiger partial charge >= 0.3 is 5.97 Å². The van der Waals surface area contributed by atoms with E-state index in [2.05, 4.69) is 5.32 Å². The predicted molar refractivity (Wildman–Crippen MR) is 49.3 cm³/mol. The molecule has 74 valence electrons. The van der Waals surface area contributed by atoms with Crippen LogP contribution in [0.5, 0.6) is 0 Å². The summed E-state index contributed by atoms with van der Waals surface area (Å²) in [6.07, 6.45) is 5.58. The molecule has 2 fully saturated rings. The Morgan fingerprint density at radius 1 is 1.38 bits per heavy atom. The molecule has 1 spiro atoms. The summed E-state index contributed by atoms with van der Waals surface area (Å²) in [6, 6.07) is 0. The number of carbonyl (C=O) groups is 1. The second-order valence-corrected chi connectivity index (χ2v) is 4.25. The van der Waals surface area contributed by atoms with E-state index in [1.54, 1.807) is 0 Å². The molecule has 0 unspecified atom stereocenters. The molecule has 3 heteroatoms. The number of hydrogen-bond acceptors (Lipinski definition) is 3. The Morgan fingerprint density at radius 2 is 2.00 bits per heavy atom. The van der Waals surface area contributed by atoms with Crippen molar-refractivity contribution in [3.63, 3.8) is 0 Å². The smallest absolute Gasteiger partial charge is 0.308 e. The van der Waals surface area contributed by atoms with Gasteiger partial charge in [0, 0.05) is 5.54 Å². The van der Waals surface area contributed by atoms with Crippen molar-refractivity contribution in [2.75, 3.05) is 13.7 Å². The Kier molecular flexibility index (Phi) is 2.28. The highest BCUT2D eigenvalue weighted by atomic mass is 16.5. The van der Waals surface area contributed by atoms with Crippen LogP contribution in [0.2, 0.25) is 0 Å². The van der Waals surface area contributed by atoms with E-state index in [-0.39, 0.29) is 11.9 Å². The van der Waals surface area contributed by atoms with Crippen molar-refractivity contribution in [2.45, 2.75) is 37.6 Å². The van der Waals surface area contributed by atoms with E-state index >= 15 is 0 Å². The molecule has 3 nitrogen and oxygen atoms in total. The number of ether oxygens (including phenoxy) is 1. The Morgan fingerprint density at radius 3 is 2.38 bits per heavy atom. The molecule has 0 atom stereocenters. The van der Waals surface area contributed by atoms with Crippen LogP contribution in [0.4, 0.5) is 0 Å². The Bertz CT molecular complexity index is 201. The van der Waals surface area contributed by atoms with Gasteiger partial charge in [-0.3, -0.25) is 4.79 Å². The first-order valence-corrected chi connectivity index (χ1v) is 5.09. The normalized spacial score (nSPS) is 38.4. The van der Waals surface area contributed by atoms with E-state index in [4.69, 9.17) is 4.74 Å². The minimum Gasteiger partial charge on any atom is -0.469 e. The van der Waals surface area contributed by atoms with Crippen LogP contribution in [-0.2, 0) is 9.53 Å². The average molecular weight is 183 g/mol. The molecule has 1 aliphatic carbocycles. The van der Waals surface area contributed by atoms with Gasteiger partial charge < -0.3 is 10.1 Å². The van der Waals surface area contributed by atoms with Gasteiger partial charge in [0.2, 0.25) is 0 Å². The predicted octanol–water partition coefficient (Wildman–Crippen LogP) is 1.08. The fourth-order valence-electron chi connectivity index (χ4n) is 2.48. The number of carbonyl (C=O) groups excluding carboxylic acids is 1. The third-order valence-electron chi connectivity index (χ3n) is 3.58. The molecular formula is C10H17NO2. The molecule has 1 aliphatic heterocycles. The summed E-state index contributed by atoms with van der Waals surface area (Å²) in [5.41, 5.74) is 0.407. The number of hydrogen-bond donors (Lipinski definition) is 1. The van der Waals surface area contributed by atoms with Crippen LogP contribution in [0.3, 0.4) is 0 Å². The van der Waals surface area contributed by atoms with Crippen LogP contribution in [0.15, 0.2) is 0 Å². The molecule has 1 saturated carbocycles. The molecule has 2 rings (SSSR count). The van der Waals surface area contributed by atoms with Gasteiger partial charge in [0.15, 0.2) is 0 Å². The molecule has 2 aliphatic rings. The van der Waals surface area contributed by atoms with Crippen LogP contribution in [0.25, 0.3) is 0 Å². The number of esters is 1. The second-order valence-electron chi connectivity index (χ2n) is 4.25. The van der Waals surface area contributed by atoms with E-state index < -0.39 is 0 Å². The van der Waals surface area contributed by atoms with Gasteiger partial charge in [-0.1, -0.05) is 0 Å². The van der Waals surface area contributed by atoms with E-state index in [1.807, 2.05) is 0 Å². The molecule has 13 heavy (non-hydrogen) atoms. The summed E-state index contributed by atoms with van der Waals surface area (Å²) in [5, 5.41) is 3.49. The van der Waals surface area contributed by atoms with Gasteiger partial charge in [-0.25, -0.2) is 0 Å². The summed E-state index contributed by atoms with van der Waals surface area (Å²) in [4.78, 5) is 11.2. The average Bonchev–Trinajstić information content (AvgIpc) is 2.14. The molecule has 0 aromatic carbocycles. The summed E-state index contributed by atoms with van der Waals surface area (Å²) >= 11 is 0. The summed E-state index contributed by atoms with van der Waals surface area (Å²) < 4.78 is 4.75. The zero-order valence-electron chi connectivity index (χ0n) is 8.14. The van der Waals surface area contributed by atoms with Crippen LogP contribution in [0, 0.1) is 5.92 Å². The third-order valence-corrected chi connectivity index (χ3v) is 3.58. The van der Waals surface area contributed by atoms with Gasteiger partial charge in [0.05, 0.1) is 13.0 Å². The number of nitrogens with one attached hydrogen (secondary N) is 1. The molecule has 1 N–H and O–H groups in total. The number of rotatable bonds is 1. The van der Waals surface area contributed by atoms with Gasteiger partial charge in [-0.15, -0.1) is 0 Å². The van der Waals surface area contributed by atoms with Crippen molar-refractivity contribution in [2.24, 2.45) is 5.92 Å². The zero-order chi connectivity index (χ0) is 9.31. The fraction of sp³-hybridized carbons (Fsp3) is 0.900. The van der Waals surface area contributed by atoms with Gasteiger partial charge in [-0.2, -0.15) is 0 Å². The van der Waals surface area contributed by atoms with Crippen molar-refractivity contribution in [3.8, 4) is 0 Å². The van der Waals surface area contributed by atoms with Crippen molar-refractivity contribution in [1.82, 2.24) is 5.32 Å². The van der Waals surface area contributed by atoms with Crippen LogP contribution in [0.1, 0.15) is 32.1 Å². The molecular weight excluding hydrogens is 166 g/mol. The minimum absolute atomic E-state index is 0.0193. The van der Waals surface area contributed by atoms with Gasteiger partial charge in [-0.05, 0) is 38.6 Å². The third kappa shape index (κ3) is 1.57. The maximum Gasteiger partial charge on any atom is 0.308 e. The zero-order valence-corrected chi connectivity index (χ0v) is 8.14. The van der Waals surface area contributed by atoms with Crippen molar-refractivity contribution in [1.29, 1.82) is 0 Å². The number of methoxy groups -OCH3 is 1. The molecule has 0 amide bonds. The first-order valence-electron chi connectivity index (χ1n) is 5.09. The minimum atomic E-state index is -0.0193. The van der Waals surface area contributed by atoms with E-state index in [1.165, 1.54) is 13.5 Å². The first kappa shape index (κ1) is 9.00. The summed E-state index contributed by atoms with van der Waals surface area (Å²) in [5.74, 6) is 0.146. The highest BCUT2D eigenvalue weighted by Gasteiger charge is 2.41. The molecule has 1 heterocycles. The highest BCUT2D eigenvalue weighted by Crippen LogP contribution is 2.38. The summed E-state index contributed by atoms with van der Waals surface area (Å²) in [7, 11) is 1.48. The Balaban J connectivity index is 1.85. The second kappa shape index (κ2) is 3.29. The SMILES string of the molecule is COC(=O)C1CCC2(CCN2)CC1. The van der Waals surface area contributed by atoms with E-state index in [0.717, 1.165) is 32.2 Å². The monoisotopic (exact) mass is 183 g/mol. The van der Waals surface area contributed by atoms with E-state index in [0.29, 0.717) is 5.54 Å². The van der Waals surface area contributed by atoms with Crippen LogP contribution >= 0.6 is 0 Å². The molecule has 0 bridgehead atoms. The van der Waals surface area contributed by atoms with Gasteiger partial charge in [0.25, 0.3) is 0 Å². The van der Waals surface area contributed by atoms with Gasteiger partial charge in [0.1, 0.15) is 0 Å². The molecule has 1 saturated heterocycles. The lowest BCUT2D eigenvalue weighted by Crippen LogP contribution is -2.58. The lowest BCUT2D eigenvalue weighted by molar-refractivity contribution is -0.147. The van der Waals surface area contributed by atoms with Crippen LogP contribution < -0.4 is 5.32 Å². The van der Waals surface area contributed by atoms with E-state index in [9.17, 15) is 4.79 Å². The fourth-order valence-corrected chi connectivity index (χ4v) is 2.48. The quantitative estimate of drug-likeness (QED) is 0.618. The van der Waals surface area contributed by atoms with Crippen molar-refractivity contribution >= 4 is 5.97 Å². The summed E-state index contributed by atoms with van der Waals surface area (Å²) in [6.45, 7) is 1.16. The maximum absolute atomic E-state index is 11.2. The standard InChI is InChI=1S/C10H17NO2/c1-13-9(12)8-2-4-10(5-3-8)6-7-11-10/h8,11H,2-7H2,1H3. The van der Waals surface area contributed by atoms with Crippen molar-refractivity contribution in [3.05, 3.63) is 0 Å². The maximum atomic E-state index is 11.2. The Labute approximate surface area is 78.8 Å². The molecule has 0 radical (unpaired) electrons. The topological polar surface area (TPSA) is 38.3 Å². The highest BCUT2D eigenvalue weighted by molar-refractivity contribution is 5.72. The first-order chi connectivity index (χ1) is 6.26.